The number of nitro benzene ring substituents is 1. The molecule has 0 unspecified atom stereocenters. The Bertz CT molecular complexity index is 741. The number of hydrogen-bond donors (Lipinski definition) is 0. The van der Waals surface area contributed by atoms with Crippen LogP contribution in [0, 0.1) is 15.9 Å². The lowest BCUT2D eigenvalue weighted by Gasteiger charge is -2.23. The smallest absolute Gasteiger partial charge is 0.295 e. The number of nitrogens with zero attached hydrogens (tertiary/aromatic N) is 4. The van der Waals surface area contributed by atoms with Crippen molar-refractivity contribution in [3.05, 3.63) is 44.6 Å². The minimum absolute atomic E-state index is 0.0178. The summed E-state index contributed by atoms with van der Waals surface area (Å²) in [5, 5.41) is 13.4. The summed E-state index contributed by atoms with van der Waals surface area (Å²) in [6.07, 6.45) is 0.862. The van der Waals surface area contributed by atoms with Crippen molar-refractivity contribution in [1.29, 1.82) is 0 Å². The van der Waals surface area contributed by atoms with Crippen LogP contribution < -0.4 is 9.64 Å². The molecule has 0 spiro atoms. The molecule has 9 heteroatoms. The highest BCUT2D eigenvalue weighted by Gasteiger charge is 2.25. The Morgan fingerprint density at radius 1 is 1.36 bits per heavy atom. The molecular weight excluding hydrogens is 347 g/mol. The third-order valence-corrected chi connectivity index (χ3v) is 4.88. The van der Waals surface area contributed by atoms with Gasteiger partial charge >= 0.3 is 0 Å². The molecule has 0 atom stereocenters. The second kappa shape index (κ2) is 7.75. The van der Waals surface area contributed by atoms with Gasteiger partial charge in [0.2, 0.25) is 0 Å². The van der Waals surface area contributed by atoms with Crippen molar-refractivity contribution in [3.63, 3.8) is 0 Å². The van der Waals surface area contributed by atoms with Gasteiger partial charge in [-0.15, -0.1) is 11.3 Å². The molecule has 0 saturated carbocycles. The van der Waals surface area contributed by atoms with Crippen LogP contribution in [0.15, 0.2) is 23.0 Å². The summed E-state index contributed by atoms with van der Waals surface area (Å²) in [6, 6.07) is 2.36. The molecule has 25 heavy (non-hydrogen) atoms. The normalized spacial score (nSPS) is 15.8. The van der Waals surface area contributed by atoms with Crippen LogP contribution in [0.25, 0.3) is 0 Å². The summed E-state index contributed by atoms with van der Waals surface area (Å²) >= 11 is 1.57. The summed E-state index contributed by atoms with van der Waals surface area (Å²) in [7, 11) is 1.35. The molecule has 1 aliphatic rings. The predicted octanol–water partition coefficient (Wildman–Crippen LogP) is 2.91. The second-order valence-corrected chi connectivity index (χ2v) is 6.55. The molecule has 2 aromatic rings. The molecule has 2 heterocycles. The lowest BCUT2D eigenvalue weighted by atomic mass is 10.2. The topological polar surface area (TPSA) is 71.7 Å². The first-order valence-electron chi connectivity index (χ1n) is 7.94. The number of benzene rings is 1. The summed E-state index contributed by atoms with van der Waals surface area (Å²) in [5.41, 5.74) is 3.02. The third kappa shape index (κ3) is 4.05. The molecule has 0 N–H and O–H groups in total. The lowest BCUT2D eigenvalue weighted by Crippen LogP contribution is -2.31. The number of aromatic nitrogens is 1. The Hall–Kier alpha value is -2.26. The van der Waals surface area contributed by atoms with Gasteiger partial charge in [0.25, 0.3) is 5.69 Å². The zero-order valence-electron chi connectivity index (χ0n) is 13.9. The second-order valence-electron chi connectivity index (χ2n) is 5.83. The fourth-order valence-electron chi connectivity index (χ4n) is 3.00. The van der Waals surface area contributed by atoms with Gasteiger partial charge < -0.3 is 9.64 Å². The van der Waals surface area contributed by atoms with E-state index >= 15 is 0 Å². The summed E-state index contributed by atoms with van der Waals surface area (Å²) in [6.45, 7) is 3.71. The Labute approximate surface area is 148 Å². The molecule has 1 saturated heterocycles. The van der Waals surface area contributed by atoms with Gasteiger partial charge in [-0.2, -0.15) is 0 Å². The van der Waals surface area contributed by atoms with Crippen LogP contribution in [0.3, 0.4) is 0 Å². The van der Waals surface area contributed by atoms with Gasteiger partial charge in [-0.25, -0.2) is 9.37 Å². The van der Waals surface area contributed by atoms with Crippen molar-refractivity contribution in [1.82, 2.24) is 9.88 Å². The average Bonchev–Trinajstić information content (AvgIpc) is 2.99. The highest BCUT2D eigenvalue weighted by atomic mass is 32.1. The quantitative estimate of drug-likeness (QED) is 0.598. The Kier molecular flexibility index (Phi) is 5.44. The Balaban J connectivity index is 1.78. The maximum absolute atomic E-state index is 13.8. The number of thiazole rings is 1. The van der Waals surface area contributed by atoms with E-state index in [-0.39, 0.29) is 11.4 Å². The maximum atomic E-state index is 13.8. The Morgan fingerprint density at radius 3 is 2.88 bits per heavy atom. The van der Waals surface area contributed by atoms with E-state index in [4.69, 9.17) is 4.74 Å². The van der Waals surface area contributed by atoms with E-state index in [0.29, 0.717) is 18.8 Å². The van der Waals surface area contributed by atoms with Crippen LogP contribution in [0.5, 0.6) is 5.75 Å². The molecule has 0 aliphatic carbocycles. The van der Waals surface area contributed by atoms with E-state index < -0.39 is 10.7 Å². The third-order valence-electron chi connectivity index (χ3n) is 4.24. The standard InChI is InChI=1S/C16H19FN4O3S/c1-24-16-8-14(15(21(22)23)7-13(16)17)20-4-2-3-19(5-6-20)9-12-10-25-11-18-12/h7-8,10-11H,2-6,9H2,1H3. The van der Waals surface area contributed by atoms with Gasteiger partial charge in [0, 0.05) is 44.2 Å². The number of ether oxygens (including phenoxy) is 1. The summed E-state index contributed by atoms with van der Waals surface area (Å²) in [4.78, 5) is 19.3. The van der Waals surface area contributed by atoms with Crippen LogP contribution in [0.4, 0.5) is 15.8 Å². The monoisotopic (exact) mass is 366 g/mol. The zero-order valence-corrected chi connectivity index (χ0v) is 14.7. The largest absolute Gasteiger partial charge is 0.494 e. The highest BCUT2D eigenvalue weighted by Crippen LogP contribution is 2.35. The van der Waals surface area contributed by atoms with Gasteiger partial charge in [-0.05, 0) is 6.42 Å². The number of nitro groups is 1. The number of rotatable bonds is 5. The first-order valence-corrected chi connectivity index (χ1v) is 8.89. The average molecular weight is 366 g/mol. The van der Waals surface area contributed by atoms with Gasteiger partial charge in [-0.1, -0.05) is 0 Å². The van der Waals surface area contributed by atoms with Crippen molar-refractivity contribution < 1.29 is 14.1 Å². The fraction of sp³-hybridized carbons (Fsp3) is 0.438. The number of hydrogen-bond acceptors (Lipinski definition) is 7. The summed E-state index contributed by atoms with van der Waals surface area (Å²) < 4.78 is 18.8. The van der Waals surface area contributed by atoms with Crippen LogP contribution in [0.2, 0.25) is 0 Å². The maximum Gasteiger partial charge on any atom is 0.295 e. The van der Waals surface area contributed by atoms with E-state index in [2.05, 4.69) is 9.88 Å². The van der Waals surface area contributed by atoms with Crippen LogP contribution in [0.1, 0.15) is 12.1 Å². The molecule has 1 fully saturated rings. The molecule has 134 valence electrons. The molecule has 0 radical (unpaired) electrons. The minimum Gasteiger partial charge on any atom is -0.494 e. The zero-order chi connectivity index (χ0) is 17.8. The molecule has 1 aromatic heterocycles. The van der Waals surface area contributed by atoms with Gasteiger partial charge in [0.1, 0.15) is 5.69 Å². The van der Waals surface area contributed by atoms with Crippen molar-refractivity contribution >= 4 is 22.7 Å². The van der Waals surface area contributed by atoms with Gasteiger partial charge in [0.05, 0.1) is 29.3 Å². The molecule has 1 aliphatic heterocycles. The number of halogens is 1. The van der Waals surface area contributed by atoms with E-state index in [1.165, 1.54) is 13.2 Å². The van der Waals surface area contributed by atoms with Crippen molar-refractivity contribution in [2.24, 2.45) is 0 Å². The lowest BCUT2D eigenvalue weighted by molar-refractivity contribution is -0.384. The van der Waals surface area contributed by atoms with Crippen molar-refractivity contribution in [3.8, 4) is 5.75 Å². The summed E-state index contributed by atoms with van der Waals surface area (Å²) in [5.74, 6) is -0.706. The van der Waals surface area contributed by atoms with E-state index in [0.717, 1.165) is 37.8 Å². The minimum atomic E-state index is -0.724. The molecule has 7 nitrogen and oxygen atoms in total. The molecular formula is C16H19FN4O3S. The van der Waals surface area contributed by atoms with Crippen molar-refractivity contribution in [2.45, 2.75) is 13.0 Å². The highest BCUT2D eigenvalue weighted by molar-refractivity contribution is 7.07. The van der Waals surface area contributed by atoms with Crippen molar-refractivity contribution in [2.75, 3.05) is 38.2 Å². The fourth-order valence-corrected chi connectivity index (χ4v) is 3.55. The predicted molar refractivity (Wildman–Crippen MR) is 93.8 cm³/mol. The van der Waals surface area contributed by atoms with E-state index in [1.807, 2.05) is 15.8 Å². The van der Waals surface area contributed by atoms with E-state index in [9.17, 15) is 14.5 Å². The molecule has 0 amide bonds. The van der Waals surface area contributed by atoms with E-state index in [1.54, 1.807) is 11.3 Å². The van der Waals surface area contributed by atoms with Crippen LogP contribution in [-0.4, -0.2) is 48.1 Å². The first-order chi connectivity index (χ1) is 12.1. The van der Waals surface area contributed by atoms with Crippen LogP contribution in [-0.2, 0) is 6.54 Å². The number of anilines is 1. The first kappa shape index (κ1) is 17.6. The molecule has 1 aromatic carbocycles. The van der Waals surface area contributed by atoms with Gasteiger partial charge in [0.15, 0.2) is 11.6 Å². The van der Waals surface area contributed by atoms with Gasteiger partial charge in [-0.3, -0.25) is 15.0 Å². The number of methoxy groups -OCH3 is 1. The SMILES string of the molecule is COc1cc(N2CCCN(Cc3cscn3)CC2)c([N+](=O)[O-])cc1F. The van der Waals surface area contributed by atoms with Crippen LogP contribution >= 0.6 is 11.3 Å². The molecule has 0 bridgehead atoms. The Morgan fingerprint density at radius 2 is 2.20 bits per heavy atom. The molecule has 3 rings (SSSR count).